The molecule has 1 aliphatic heterocycles. The highest BCUT2D eigenvalue weighted by Gasteiger charge is 2.21. The van der Waals surface area contributed by atoms with E-state index in [0.717, 1.165) is 25.9 Å². The lowest BCUT2D eigenvalue weighted by Gasteiger charge is -2.30. The third kappa shape index (κ3) is 2.61. The highest BCUT2D eigenvalue weighted by atomic mass is 15.2. The van der Waals surface area contributed by atoms with E-state index in [1.54, 1.807) is 0 Å². The van der Waals surface area contributed by atoms with Crippen molar-refractivity contribution in [1.82, 2.24) is 14.7 Å². The van der Waals surface area contributed by atoms with E-state index >= 15 is 0 Å². The van der Waals surface area contributed by atoms with Crippen molar-refractivity contribution < 1.29 is 0 Å². The monoisotopic (exact) mass is 218 g/mol. The molecule has 0 aliphatic carbocycles. The average molecular weight is 218 g/mol. The molecule has 0 amide bonds. The van der Waals surface area contributed by atoms with Gasteiger partial charge in [-0.3, -0.25) is 9.58 Å². The highest BCUT2D eigenvalue weighted by molar-refractivity contribution is 5.05. The van der Waals surface area contributed by atoms with Crippen molar-refractivity contribution in [3.8, 4) is 6.07 Å². The van der Waals surface area contributed by atoms with Gasteiger partial charge in [-0.2, -0.15) is 10.4 Å². The second-order valence-corrected chi connectivity index (χ2v) is 4.45. The van der Waals surface area contributed by atoms with Crippen LogP contribution in [0.2, 0.25) is 0 Å². The molecule has 1 aromatic rings. The number of rotatable bonds is 3. The van der Waals surface area contributed by atoms with E-state index in [-0.39, 0.29) is 6.04 Å². The Kier molecular flexibility index (Phi) is 3.58. The molecule has 2 rings (SSSR count). The van der Waals surface area contributed by atoms with Crippen molar-refractivity contribution in [2.45, 2.75) is 31.7 Å². The summed E-state index contributed by atoms with van der Waals surface area (Å²) in [6.45, 7) is 2.04. The summed E-state index contributed by atoms with van der Waals surface area (Å²) in [5.74, 6) is 0. The minimum absolute atomic E-state index is 0.130. The summed E-state index contributed by atoms with van der Waals surface area (Å²) in [5.41, 5.74) is 1.25. The van der Waals surface area contributed by atoms with Gasteiger partial charge in [0.25, 0.3) is 0 Å². The Labute approximate surface area is 96.5 Å². The summed E-state index contributed by atoms with van der Waals surface area (Å²) in [6.07, 6.45) is 8.40. The number of nitriles is 1. The molecule has 0 radical (unpaired) electrons. The van der Waals surface area contributed by atoms with Crippen LogP contribution in [0.15, 0.2) is 12.4 Å². The van der Waals surface area contributed by atoms with Crippen molar-refractivity contribution in [2.75, 3.05) is 13.1 Å². The van der Waals surface area contributed by atoms with Crippen LogP contribution in [0.4, 0.5) is 0 Å². The van der Waals surface area contributed by atoms with Gasteiger partial charge in [-0.05, 0) is 37.8 Å². The lowest BCUT2D eigenvalue weighted by molar-refractivity contribution is 0.187. The molecule has 1 fully saturated rings. The van der Waals surface area contributed by atoms with Crippen LogP contribution in [-0.2, 0) is 13.5 Å². The third-order valence-electron chi connectivity index (χ3n) is 3.21. The number of aryl methyl sites for hydroxylation is 1. The van der Waals surface area contributed by atoms with Gasteiger partial charge >= 0.3 is 0 Å². The fourth-order valence-corrected chi connectivity index (χ4v) is 2.28. The maximum absolute atomic E-state index is 9.05. The highest BCUT2D eigenvalue weighted by Crippen LogP contribution is 2.16. The van der Waals surface area contributed by atoms with Crippen LogP contribution >= 0.6 is 0 Å². The summed E-state index contributed by atoms with van der Waals surface area (Å²) < 4.78 is 1.83. The van der Waals surface area contributed by atoms with Crippen LogP contribution < -0.4 is 0 Å². The Balaban J connectivity index is 1.87. The van der Waals surface area contributed by atoms with E-state index in [2.05, 4.69) is 16.1 Å². The molecular formula is C12H18N4. The summed E-state index contributed by atoms with van der Waals surface area (Å²) in [5, 5.41) is 13.2. The first-order valence-corrected chi connectivity index (χ1v) is 5.91. The molecule has 0 N–H and O–H groups in total. The molecule has 2 heterocycles. The van der Waals surface area contributed by atoms with E-state index in [9.17, 15) is 0 Å². The van der Waals surface area contributed by atoms with E-state index in [4.69, 9.17) is 5.26 Å². The molecule has 16 heavy (non-hydrogen) atoms. The predicted molar refractivity (Wildman–Crippen MR) is 61.7 cm³/mol. The van der Waals surface area contributed by atoms with Crippen LogP contribution in [-0.4, -0.2) is 33.8 Å². The number of aromatic nitrogens is 2. The molecule has 1 aliphatic rings. The minimum atomic E-state index is 0.130. The average Bonchev–Trinajstić information content (AvgIpc) is 2.73. The van der Waals surface area contributed by atoms with Gasteiger partial charge in [0.05, 0.1) is 18.3 Å². The number of hydrogen-bond donors (Lipinski definition) is 0. The zero-order valence-electron chi connectivity index (χ0n) is 9.76. The van der Waals surface area contributed by atoms with Gasteiger partial charge < -0.3 is 0 Å². The number of likely N-dealkylation sites (tertiary alicyclic amines) is 1. The molecule has 0 aromatic carbocycles. The van der Waals surface area contributed by atoms with Crippen LogP contribution in [0.3, 0.4) is 0 Å². The van der Waals surface area contributed by atoms with Crippen molar-refractivity contribution in [2.24, 2.45) is 7.05 Å². The Hall–Kier alpha value is -1.34. The topological polar surface area (TPSA) is 44.9 Å². The second-order valence-electron chi connectivity index (χ2n) is 4.45. The molecule has 86 valence electrons. The van der Waals surface area contributed by atoms with Crippen LogP contribution in [0.5, 0.6) is 0 Å². The SMILES string of the molecule is Cn1cc(CCN2CCCCC2C#N)cn1. The first-order valence-electron chi connectivity index (χ1n) is 5.91. The second kappa shape index (κ2) is 5.13. The molecular weight excluding hydrogens is 200 g/mol. The Bertz CT molecular complexity index is 377. The van der Waals surface area contributed by atoms with Gasteiger partial charge in [0.15, 0.2) is 0 Å². The number of hydrogen-bond acceptors (Lipinski definition) is 3. The Morgan fingerprint density at radius 3 is 3.12 bits per heavy atom. The molecule has 1 aromatic heterocycles. The quantitative estimate of drug-likeness (QED) is 0.769. The van der Waals surface area contributed by atoms with Gasteiger partial charge in [-0.25, -0.2) is 0 Å². The zero-order valence-corrected chi connectivity index (χ0v) is 9.76. The fraction of sp³-hybridized carbons (Fsp3) is 0.667. The summed E-state index contributed by atoms with van der Waals surface area (Å²) in [7, 11) is 1.93. The summed E-state index contributed by atoms with van der Waals surface area (Å²) in [6, 6.07) is 2.53. The Morgan fingerprint density at radius 2 is 2.44 bits per heavy atom. The van der Waals surface area contributed by atoms with Gasteiger partial charge in [-0.1, -0.05) is 0 Å². The van der Waals surface area contributed by atoms with E-state index in [1.807, 2.05) is 24.1 Å². The van der Waals surface area contributed by atoms with E-state index < -0.39 is 0 Å². The van der Waals surface area contributed by atoms with Crippen LogP contribution in [0, 0.1) is 11.3 Å². The first-order chi connectivity index (χ1) is 7.79. The molecule has 0 saturated carbocycles. The lowest BCUT2D eigenvalue weighted by atomic mass is 10.0. The minimum Gasteiger partial charge on any atom is -0.288 e. The van der Waals surface area contributed by atoms with Crippen LogP contribution in [0.1, 0.15) is 24.8 Å². The molecule has 1 saturated heterocycles. The van der Waals surface area contributed by atoms with Gasteiger partial charge in [0.1, 0.15) is 0 Å². The normalized spacial score (nSPS) is 21.9. The summed E-state index contributed by atoms with van der Waals surface area (Å²) in [4.78, 5) is 2.30. The first kappa shape index (κ1) is 11.2. The molecule has 4 heteroatoms. The van der Waals surface area contributed by atoms with Gasteiger partial charge in [0, 0.05) is 19.8 Å². The Morgan fingerprint density at radius 1 is 1.56 bits per heavy atom. The molecule has 4 nitrogen and oxygen atoms in total. The predicted octanol–water partition coefficient (Wildman–Crippen LogP) is 1.34. The van der Waals surface area contributed by atoms with Gasteiger partial charge in [-0.15, -0.1) is 0 Å². The molecule has 1 unspecified atom stereocenters. The summed E-state index contributed by atoms with van der Waals surface area (Å²) >= 11 is 0. The maximum atomic E-state index is 9.05. The fourth-order valence-electron chi connectivity index (χ4n) is 2.28. The number of nitrogens with zero attached hydrogens (tertiary/aromatic N) is 4. The van der Waals surface area contributed by atoms with E-state index in [1.165, 1.54) is 18.4 Å². The molecule has 0 spiro atoms. The molecule has 0 bridgehead atoms. The lowest BCUT2D eigenvalue weighted by Crippen LogP contribution is -2.39. The smallest absolute Gasteiger partial charge is 0.0978 e. The van der Waals surface area contributed by atoms with Crippen molar-refractivity contribution in [3.05, 3.63) is 18.0 Å². The van der Waals surface area contributed by atoms with Crippen LogP contribution in [0.25, 0.3) is 0 Å². The molecule has 1 atom stereocenters. The third-order valence-corrected chi connectivity index (χ3v) is 3.21. The number of piperidine rings is 1. The van der Waals surface area contributed by atoms with Crippen molar-refractivity contribution >= 4 is 0 Å². The maximum Gasteiger partial charge on any atom is 0.0978 e. The van der Waals surface area contributed by atoms with Crippen molar-refractivity contribution in [1.29, 1.82) is 5.26 Å². The largest absolute Gasteiger partial charge is 0.288 e. The standard InChI is InChI=1S/C12H18N4/c1-15-10-11(9-14-15)5-7-16-6-3-2-4-12(16)8-13/h9-10,12H,2-7H2,1H3. The van der Waals surface area contributed by atoms with Gasteiger partial charge in [0.2, 0.25) is 0 Å². The van der Waals surface area contributed by atoms with E-state index in [0.29, 0.717) is 0 Å². The van der Waals surface area contributed by atoms with Crippen molar-refractivity contribution in [3.63, 3.8) is 0 Å². The zero-order chi connectivity index (χ0) is 11.4.